The lowest BCUT2D eigenvalue weighted by Gasteiger charge is -2.22. The second kappa shape index (κ2) is 7.24. The maximum atomic E-state index is 13.6. The molecule has 0 fully saturated rings. The zero-order valence-electron chi connectivity index (χ0n) is 14.8. The highest BCUT2D eigenvalue weighted by atomic mass is 19.1. The van der Waals surface area contributed by atoms with Crippen molar-refractivity contribution in [2.24, 2.45) is 5.73 Å². The van der Waals surface area contributed by atoms with Crippen LogP contribution < -0.4 is 11.1 Å². The third-order valence-electron chi connectivity index (χ3n) is 4.39. The highest BCUT2D eigenvalue weighted by Crippen LogP contribution is 2.33. The lowest BCUT2D eigenvalue weighted by molar-refractivity contribution is -0.127. The van der Waals surface area contributed by atoms with Gasteiger partial charge in [0.1, 0.15) is 29.0 Å². The monoisotopic (exact) mass is 381 g/mol. The number of carbonyl (C=O) groups is 1. The predicted molar refractivity (Wildman–Crippen MR) is 102 cm³/mol. The number of carbonyl (C=O) groups excluding carboxylic acids is 1. The molecule has 0 atom stereocenters. The van der Waals surface area contributed by atoms with Gasteiger partial charge in [-0.3, -0.25) is 9.36 Å². The van der Waals surface area contributed by atoms with Gasteiger partial charge in [-0.15, -0.1) is 0 Å². The third kappa shape index (κ3) is 3.37. The van der Waals surface area contributed by atoms with Crippen LogP contribution in [0.5, 0.6) is 0 Å². The lowest BCUT2D eigenvalue weighted by Crippen LogP contribution is -2.33. The summed E-state index contributed by atoms with van der Waals surface area (Å²) in [5.41, 5.74) is 7.23. The van der Waals surface area contributed by atoms with Crippen molar-refractivity contribution in [3.63, 3.8) is 0 Å². The second-order valence-corrected chi connectivity index (χ2v) is 6.26. The summed E-state index contributed by atoms with van der Waals surface area (Å²) in [6.45, 7) is 0.135. The standard InChI is InChI=1S/C20H17F2N5O/c21-14-6-4-13(5-7-14)19-20(24-16-3-1-2-15(22)10-16)27-9-8-26(18(28)11-23)12-17(27)25-19/h1-10,24H,11-12,23H2. The first-order valence-electron chi connectivity index (χ1n) is 8.62. The summed E-state index contributed by atoms with van der Waals surface area (Å²) in [5, 5.41) is 3.18. The maximum absolute atomic E-state index is 13.6. The van der Waals surface area contributed by atoms with Crippen LogP contribution in [0.2, 0.25) is 0 Å². The Morgan fingerprint density at radius 3 is 2.61 bits per heavy atom. The smallest absolute Gasteiger partial charge is 0.240 e. The Kier molecular flexibility index (Phi) is 4.62. The van der Waals surface area contributed by atoms with Crippen LogP contribution in [0.25, 0.3) is 17.5 Å². The average Bonchev–Trinajstić information content (AvgIpc) is 3.05. The van der Waals surface area contributed by atoms with Gasteiger partial charge in [-0.2, -0.15) is 0 Å². The van der Waals surface area contributed by atoms with Crippen LogP contribution in [-0.4, -0.2) is 26.9 Å². The summed E-state index contributed by atoms with van der Waals surface area (Å²) in [4.78, 5) is 18.0. The van der Waals surface area contributed by atoms with Crippen molar-refractivity contribution in [2.75, 3.05) is 11.9 Å². The van der Waals surface area contributed by atoms with E-state index >= 15 is 0 Å². The Bertz CT molecular complexity index is 1060. The molecular formula is C20H17F2N5O. The highest BCUT2D eigenvalue weighted by molar-refractivity contribution is 5.82. The molecule has 0 bridgehead atoms. The van der Waals surface area contributed by atoms with Gasteiger partial charge < -0.3 is 16.0 Å². The van der Waals surface area contributed by atoms with Gasteiger partial charge in [0.05, 0.1) is 13.1 Å². The molecule has 1 amide bonds. The highest BCUT2D eigenvalue weighted by Gasteiger charge is 2.23. The molecule has 4 rings (SSSR count). The zero-order chi connectivity index (χ0) is 19.7. The van der Waals surface area contributed by atoms with E-state index in [4.69, 9.17) is 5.73 Å². The average molecular weight is 381 g/mol. The molecule has 3 N–H and O–H groups in total. The second-order valence-electron chi connectivity index (χ2n) is 6.26. The first kappa shape index (κ1) is 17.9. The van der Waals surface area contributed by atoms with Crippen LogP contribution in [-0.2, 0) is 11.3 Å². The molecule has 28 heavy (non-hydrogen) atoms. The van der Waals surface area contributed by atoms with Gasteiger partial charge in [0.25, 0.3) is 0 Å². The fraction of sp³-hybridized carbons (Fsp3) is 0.100. The first-order chi connectivity index (χ1) is 13.5. The summed E-state index contributed by atoms with van der Waals surface area (Å²) >= 11 is 0. The van der Waals surface area contributed by atoms with E-state index in [-0.39, 0.29) is 30.6 Å². The van der Waals surface area contributed by atoms with E-state index in [1.165, 1.54) is 29.2 Å². The van der Waals surface area contributed by atoms with Crippen molar-refractivity contribution in [3.05, 3.63) is 72.2 Å². The SMILES string of the molecule is NCC(=O)N1C=Cn2c(nc(-c3ccc(F)cc3)c2Nc2cccc(F)c2)C1. The van der Waals surface area contributed by atoms with Crippen molar-refractivity contribution >= 4 is 23.6 Å². The van der Waals surface area contributed by atoms with E-state index in [1.54, 1.807) is 41.2 Å². The van der Waals surface area contributed by atoms with Crippen molar-refractivity contribution in [3.8, 4) is 11.3 Å². The number of aromatic nitrogens is 2. The van der Waals surface area contributed by atoms with Gasteiger partial charge in [-0.1, -0.05) is 6.07 Å². The number of fused-ring (bicyclic) bond motifs is 1. The Morgan fingerprint density at radius 1 is 1.11 bits per heavy atom. The van der Waals surface area contributed by atoms with Crippen LogP contribution in [0, 0.1) is 11.6 Å². The van der Waals surface area contributed by atoms with E-state index in [1.807, 2.05) is 0 Å². The number of nitrogens with zero attached hydrogens (tertiary/aromatic N) is 3. The van der Waals surface area contributed by atoms with Gasteiger partial charge in [-0.25, -0.2) is 13.8 Å². The molecule has 0 spiro atoms. The van der Waals surface area contributed by atoms with Gasteiger partial charge in [0.15, 0.2) is 0 Å². The van der Waals surface area contributed by atoms with E-state index in [0.29, 0.717) is 28.6 Å². The molecular weight excluding hydrogens is 364 g/mol. The van der Waals surface area contributed by atoms with E-state index < -0.39 is 0 Å². The van der Waals surface area contributed by atoms with Crippen LogP contribution in [0.1, 0.15) is 5.82 Å². The lowest BCUT2D eigenvalue weighted by atomic mass is 10.1. The molecule has 1 aliphatic heterocycles. The molecule has 3 aromatic rings. The van der Waals surface area contributed by atoms with Gasteiger partial charge in [-0.05, 0) is 42.5 Å². The molecule has 0 saturated carbocycles. The fourth-order valence-corrected chi connectivity index (χ4v) is 3.02. The number of imidazole rings is 1. The molecule has 0 radical (unpaired) electrons. The Labute approximate surface area is 159 Å². The Morgan fingerprint density at radius 2 is 1.89 bits per heavy atom. The molecule has 0 unspecified atom stereocenters. The van der Waals surface area contributed by atoms with Crippen LogP contribution in [0.3, 0.4) is 0 Å². The minimum atomic E-state index is -0.373. The minimum Gasteiger partial charge on any atom is -0.339 e. The number of nitrogens with one attached hydrogen (secondary N) is 1. The molecule has 1 aromatic heterocycles. The van der Waals surface area contributed by atoms with Gasteiger partial charge in [0.2, 0.25) is 5.91 Å². The number of amides is 1. The summed E-state index contributed by atoms with van der Waals surface area (Å²) < 4.78 is 28.7. The topological polar surface area (TPSA) is 76.2 Å². The fourth-order valence-electron chi connectivity index (χ4n) is 3.02. The van der Waals surface area contributed by atoms with E-state index in [9.17, 15) is 13.6 Å². The molecule has 2 heterocycles. The maximum Gasteiger partial charge on any atom is 0.240 e. The number of anilines is 2. The van der Waals surface area contributed by atoms with Gasteiger partial charge in [0, 0.05) is 23.7 Å². The van der Waals surface area contributed by atoms with Gasteiger partial charge >= 0.3 is 0 Å². The Balaban J connectivity index is 1.79. The van der Waals surface area contributed by atoms with Crippen molar-refractivity contribution in [1.29, 1.82) is 0 Å². The molecule has 0 saturated heterocycles. The first-order valence-corrected chi connectivity index (χ1v) is 8.62. The van der Waals surface area contributed by atoms with Crippen LogP contribution in [0.4, 0.5) is 20.3 Å². The molecule has 142 valence electrons. The molecule has 1 aliphatic rings. The Hall–Kier alpha value is -3.52. The normalized spacial score (nSPS) is 12.8. The number of hydrogen-bond donors (Lipinski definition) is 2. The van der Waals surface area contributed by atoms with E-state index in [0.717, 1.165) is 0 Å². The number of rotatable bonds is 4. The van der Waals surface area contributed by atoms with Crippen LogP contribution in [0.15, 0.2) is 54.7 Å². The number of halogens is 2. The molecule has 0 aliphatic carbocycles. The van der Waals surface area contributed by atoms with Crippen molar-refractivity contribution < 1.29 is 13.6 Å². The molecule has 8 heteroatoms. The zero-order valence-corrected chi connectivity index (χ0v) is 14.8. The van der Waals surface area contributed by atoms with Crippen LogP contribution >= 0.6 is 0 Å². The minimum absolute atomic E-state index is 0.107. The molecule has 2 aromatic carbocycles. The van der Waals surface area contributed by atoms with E-state index in [2.05, 4.69) is 10.3 Å². The number of benzene rings is 2. The predicted octanol–water partition coefficient (Wildman–Crippen LogP) is 3.30. The summed E-state index contributed by atoms with van der Waals surface area (Å²) in [7, 11) is 0. The summed E-state index contributed by atoms with van der Waals surface area (Å²) in [6.07, 6.45) is 3.31. The number of hydrogen-bond acceptors (Lipinski definition) is 4. The quantitative estimate of drug-likeness (QED) is 0.727. The number of nitrogens with two attached hydrogens (primary N) is 1. The van der Waals surface area contributed by atoms with Crippen molar-refractivity contribution in [1.82, 2.24) is 14.5 Å². The van der Waals surface area contributed by atoms with Crippen molar-refractivity contribution in [2.45, 2.75) is 6.54 Å². The summed E-state index contributed by atoms with van der Waals surface area (Å²) in [5.74, 6) is 0.230. The summed E-state index contributed by atoms with van der Waals surface area (Å²) in [6, 6.07) is 12.0. The molecule has 6 nitrogen and oxygen atoms in total. The third-order valence-corrected chi connectivity index (χ3v) is 4.39. The largest absolute Gasteiger partial charge is 0.339 e.